The molecule has 0 atom stereocenters. The number of benzene rings is 2. The second-order valence-corrected chi connectivity index (χ2v) is 7.19. The molecule has 1 aromatic heterocycles. The highest BCUT2D eigenvalue weighted by Crippen LogP contribution is 2.27. The van der Waals surface area contributed by atoms with Crippen molar-refractivity contribution in [1.29, 1.82) is 0 Å². The van der Waals surface area contributed by atoms with Gasteiger partial charge in [-0.15, -0.1) is 0 Å². The zero-order valence-corrected chi connectivity index (χ0v) is 16.1. The van der Waals surface area contributed by atoms with Crippen molar-refractivity contribution in [3.8, 4) is 11.4 Å². The number of aromatic nitrogens is 4. The van der Waals surface area contributed by atoms with Gasteiger partial charge in [0.05, 0.1) is 18.0 Å². The maximum atomic E-state index is 10.0. The molecule has 2 heterocycles. The summed E-state index contributed by atoms with van der Waals surface area (Å²) in [7, 11) is 0. The summed E-state index contributed by atoms with van der Waals surface area (Å²) < 4.78 is 3.89. The zero-order valence-electron chi connectivity index (χ0n) is 14.6. The highest BCUT2D eigenvalue weighted by Gasteiger charge is 2.20. The van der Waals surface area contributed by atoms with Gasteiger partial charge in [-0.25, -0.2) is 4.68 Å². The average molecular weight is 403 g/mol. The third-order valence-electron chi connectivity index (χ3n) is 4.64. The lowest BCUT2D eigenvalue weighted by atomic mass is 10.2. The molecule has 1 aliphatic heterocycles. The molecule has 0 saturated carbocycles. The maximum absolute atomic E-state index is 10.0. The van der Waals surface area contributed by atoms with Gasteiger partial charge in [0, 0.05) is 31.2 Å². The molecule has 0 bridgehead atoms. The molecule has 140 valence electrons. The lowest BCUT2D eigenvalue weighted by Gasteiger charge is -2.35. The number of nitrogens with zero attached hydrogens (tertiary/aromatic N) is 6. The van der Waals surface area contributed by atoms with Gasteiger partial charge < -0.3 is 10.0 Å². The first-order valence-corrected chi connectivity index (χ1v) is 9.44. The van der Waals surface area contributed by atoms with E-state index in [2.05, 4.69) is 20.2 Å². The van der Waals surface area contributed by atoms with Crippen molar-refractivity contribution in [1.82, 2.24) is 24.7 Å². The molecule has 0 unspecified atom stereocenters. The SMILES string of the molecule is Oc1ccccc1N1CCN(Cn2nnn(-c3ccc(Cl)cc3)c2=S)CC1. The van der Waals surface area contributed by atoms with Crippen LogP contribution in [0.4, 0.5) is 5.69 Å². The molecule has 0 spiro atoms. The molecule has 7 nitrogen and oxygen atoms in total. The van der Waals surface area contributed by atoms with Crippen molar-refractivity contribution in [3.05, 3.63) is 58.3 Å². The van der Waals surface area contributed by atoms with Crippen molar-refractivity contribution in [2.24, 2.45) is 0 Å². The number of aromatic hydroxyl groups is 1. The molecule has 1 N–H and O–H groups in total. The number of hydrogen-bond acceptors (Lipinski definition) is 6. The van der Waals surface area contributed by atoms with E-state index in [9.17, 15) is 5.11 Å². The van der Waals surface area contributed by atoms with Crippen LogP contribution in [0, 0.1) is 4.77 Å². The molecule has 1 saturated heterocycles. The first-order valence-electron chi connectivity index (χ1n) is 8.66. The number of tetrazole rings is 1. The number of hydrogen-bond donors (Lipinski definition) is 1. The molecule has 0 amide bonds. The lowest BCUT2D eigenvalue weighted by molar-refractivity contribution is 0.192. The minimum Gasteiger partial charge on any atom is -0.506 e. The number of halogens is 1. The molecule has 3 aromatic rings. The summed E-state index contributed by atoms with van der Waals surface area (Å²) in [5, 5.41) is 19.1. The normalized spacial score (nSPS) is 15.2. The number of phenolic OH excluding ortho intramolecular Hbond substituents is 1. The fourth-order valence-corrected chi connectivity index (χ4v) is 3.52. The Labute approximate surface area is 167 Å². The van der Waals surface area contributed by atoms with Crippen LogP contribution in [-0.4, -0.2) is 56.0 Å². The Kier molecular flexibility index (Phi) is 5.11. The molecule has 0 aliphatic carbocycles. The van der Waals surface area contributed by atoms with E-state index in [1.54, 1.807) is 27.6 Å². The van der Waals surface area contributed by atoms with Gasteiger partial charge in [-0.2, -0.15) is 4.68 Å². The van der Waals surface area contributed by atoms with Crippen LogP contribution >= 0.6 is 23.8 Å². The summed E-state index contributed by atoms with van der Waals surface area (Å²) in [6, 6.07) is 14.8. The van der Waals surface area contributed by atoms with E-state index < -0.39 is 0 Å². The van der Waals surface area contributed by atoms with Gasteiger partial charge >= 0.3 is 0 Å². The van der Waals surface area contributed by atoms with Gasteiger partial charge in [-0.05, 0) is 59.0 Å². The van der Waals surface area contributed by atoms with E-state index in [1.165, 1.54) is 0 Å². The molecule has 4 rings (SSSR count). The summed E-state index contributed by atoms with van der Waals surface area (Å²) >= 11 is 11.5. The minimum absolute atomic E-state index is 0.319. The topological polar surface area (TPSA) is 62.4 Å². The molecule has 0 radical (unpaired) electrons. The van der Waals surface area contributed by atoms with Crippen molar-refractivity contribution < 1.29 is 5.11 Å². The number of piperazine rings is 1. The van der Waals surface area contributed by atoms with Crippen molar-refractivity contribution >= 4 is 29.5 Å². The summed E-state index contributed by atoms with van der Waals surface area (Å²) in [6.07, 6.45) is 0. The predicted octanol–water partition coefficient (Wildman–Crippen LogP) is 2.94. The third-order valence-corrected chi connectivity index (χ3v) is 5.27. The fourth-order valence-electron chi connectivity index (χ4n) is 3.16. The third kappa shape index (κ3) is 3.83. The summed E-state index contributed by atoms with van der Waals surface area (Å²) in [4.78, 5) is 4.46. The smallest absolute Gasteiger partial charge is 0.221 e. The van der Waals surface area contributed by atoms with Gasteiger partial charge in [-0.1, -0.05) is 23.7 Å². The van der Waals surface area contributed by atoms with E-state index >= 15 is 0 Å². The quantitative estimate of drug-likeness (QED) is 0.677. The van der Waals surface area contributed by atoms with Crippen molar-refractivity contribution in [2.45, 2.75) is 6.67 Å². The molecule has 9 heteroatoms. The van der Waals surface area contributed by atoms with Gasteiger partial charge in [0.2, 0.25) is 4.77 Å². The summed E-state index contributed by atoms with van der Waals surface area (Å²) in [5.41, 5.74) is 1.71. The van der Waals surface area contributed by atoms with Gasteiger partial charge in [-0.3, -0.25) is 4.90 Å². The summed E-state index contributed by atoms with van der Waals surface area (Å²) in [5.74, 6) is 0.319. The Bertz CT molecular complexity index is 978. The molecule has 1 fully saturated rings. The molecule has 27 heavy (non-hydrogen) atoms. The van der Waals surface area contributed by atoms with E-state index in [4.69, 9.17) is 23.8 Å². The number of para-hydroxylation sites is 2. The van der Waals surface area contributed by atoms with Crippen LogP contribution in [0.25, 0.3) is 5.69 Å². The average Bonchev–Trinajstić information content (AvgIpc) is 3.04. The van der Waals surface area contributed by atoms with E-state index in [1.807, 2.05) is 30.3 Å². The lowest BCUT2D eigenvalue weighted by Crippen LogP contribution is -2.47. The van der Waals surface area contributed by atoms with Gasteiger partial charge in [0.1, 0.15) is 5.75 Å². The molecule has 2 aromatic carbocycles. The first kappa shape index (κ1) is 18.0. The van der Waals surface area contributed by atoms with Crippen LogP contribution in [0.3, 0.4) is 0 Å². The van der Waals surface area contributed by atoms with E-state index in [-0.39, 0.29) is 0 Å². The Morgan fingerprint density at radius 1 is 0.963 bits per heavy atom. The number of phenols is 1. The monoisotopic (exact) mass is 402 g/mol. The van der Waals surface area contributed by atoms with Crippen LogP contribution in [0.5, 0.6) is 5.75 Å². The van der Waals surface area contributed by atoms with E-state index in [0.717, 1.165) is 37.6 Å². The molecular formula is C18H19ClN6OS. The minimum atomic E-state index is 0.319. The highest BCUT2D eigenvalue weighted by molar-refractivity contribution is 7.71. The Hall–Kier alpha value is -2.42. The largest absolute Gasteiger partial charge is 0.506 e. The van der Waals surface area contributed by atoms with Gasteiger partial charge in [0.15, 0.2) is 0 Å². The standard InChI is InChI=1S/C18H19ClN6OS/c19-14-5-7-15(8-6-14)25-18(27)24(20-21-25)13-22-9-11-23(12-10-22)16-3-1-2-4-17(16)26/h1-8,26H,9-13H2. The van der Waals surface area contributed by atoms with Crippen LogP contribution in [0.15, 0.2) is 48.5 Å². The molecular weight excluding hydrogens is 384 g/mol. The van der Waals surface area contributed by atoms with Gasteiger partial charge in [0.25, 0.3) is 0 Å². The van der Waals surface area contributed by atoms with Crippen LogP contribution < -0.4 is 4.90 Å². The second kappa shape index (κ2) is 7.67. The maximum Gasteiger partial charge on any atom is 0.221 e. The predicted molar refractivity (Wildman–Crippen MR) is 107 cm³/mol. The van der Waals surface area contributed by atoms with Crippen molar-refractivity contribution in [2.75, 3.05) is 31.1 Å². The zero-order chi connectivity index (χ0) is 18.8. The number of anilines is 1. The van der Waals surface area contributed by atoms with Crippen LogP contribution in [0.1, 0.15) is 0 Å². The van der Waals surface area contributed by atoms with Crippen molar-refractivity contribution in [3.63, 3.8) is 0 Å². The Morgan fingerprint density at radius 3 is 2.37 bits per heavy atom. The fraction of sp³-hybridized carbons (Fsp3) is 0.278. The first-order chi connectivity index (χ1) is 13.1. The highest BCUT2D eigenvalue weighted by atomic mass is 35.5. The number of rotatable bonds is 4. The second-order valence-electron chi connectivity index (χ2n) is 6.38. The Balaban J connectivity index is 1.42. The van der Waals surface area contributed by atoms with Crippen LogP contribution in [-0.2, 0) is 6.67 Å². The Morgan fingerprint density at radius 2 is 1.67 bits per heavy atom. The van der Waals surface area contributed by atoms with Crippen LogP contribution in [0.2, 0.25) is 5.02 Å². The summed E-state index contributed by atoms with van der Waals surface area (Å²) in [6.45, 7) is 3.95. The van der Waals surface area contributed by atoms with E-state index in [0.29, 0.717) is 22.2 Å². The molecule has 1 aliphatic rings.